The molecule has 0 radical (unpaired) electrons. The highest BCUT2D eigenvalue weighted by Gasteiger charge is 2.09. The van der Waals surface area contributed by atoms with Crippen molar-refractivity contribution in [1.82, 2.24) is 5.32 Å². The van der Waals surface area contributed by atoms with Crippen LogP contribution in [0.4, 0.5) is 0 Å². The molecule has 116 valence electrons. The van der Waals surface area contributed by atoms with Gasteiger partial charge in [0, 0.05) is 4.90 Å². The number of hydrogen-bond acceptors (Lipinski definition) is 3. The molecule has 1 amide bonds. The Kier molecular flexibility index (Phi) is 5.90. The molecule has 0 spiro atoms. The maximum absolute atomic E-state index is 12.2. The predicted octanol–water partition coefficient (Wildman–Crippen LogP) is 3.83. The Morgan fingerprint density at radius 1 is 1.14 bits per heavy atom. The van der Waals surface area contributed by atoms with Crippen molar-refractivity contribution in [3.05, 3.63) is 59.2 Å². The fourth-order valence-corrected chi connectivity index (χ4v) is 2.87. The van der Waals surface area contributed by atoms with Gasteiger partial charge in [0.1, 0.15) is 12.4 Å². The number of nitrogens with one attached hydrogen (secondary N) is 1. The zero-order chi connectivity index (χ0) is 15.9. The number of carbonyl (C=O) groups is 1. The van der Waals surface area contributed by atoms with E-state index in [0.717, 1.165) is 10.6 Å². The van der Waals surface area contributed by atoms with E-state index in [9.17, 15) is 4.79 Å². The molecule has 0 aromatic heterocycles. The number of benzene rings is 2. The number of amides is 1. The lowest BCUT2D eigenvalue weighted by Gasteiger charge is -2.10. The van der Waals surface area contributed by atoms with E-state index in [1.165, 1.54) is 11.1 Å². The average Bonchev–Trinajstić information content (AvgIpc) is 2.50. The Balaban J connectivity index is 1.84. The van der Waals surface area contributed by atoms with Gasteiger partial charge in [0.2, 0.25) is 0 Å². The SMILES string of the molecule is CSc1ccccc1C(=O)NCCOc1cc(C)cc(C)c1. The Labute approximate surface area is 136 Å². The minimum Gasteiger partial charge on any atom is -0.492 e. The summed E-state index contributed by atoms with van der Waals surface area (Å²) in [6.45, 7) is 5.02. The molecule has 0 saturated heterocycles. The summed E-state index contributed by atoms with van der Waals surface area (Å²) < 4.78 is 5.69. The number of ether oxygens (including phenoxy) is 1. The molecule has 0 unspecified atom stereocenters. The van der Waals surface area contributed by atoms with Crippen LogP contribution in [0, 0.1) is 13.8 Å². The molecular formula is C18H21NO2S. The lowest BCUT2D eigenvalue weighted by atomic mass is 10.1. The molecular weight excluding hydrogens is 294 g/mol. The summed E-state index contributed by atoms with van der Waals surface area (Å²) in [6, 6.07) is 13.7. The first kappa shape index (κ1) is 16.4. The topological polar surface area (TPSA) is 38.3 Å². The molecule has 2 aromatic rings. The minimum atomic E-state index is -0.0611. The number of hydrogen-bond donors (Lipinski definition) is 1. The summed E-state index contributed by atoms with van der Waals surface area (Å²) in [6.07, 6.45) is 1.97. The Morgan fingerprint density at radius 2 is 1.82 bits per heavy atom. The summed E-state index contributed by atoms with van der Waals surface area (Å²) >= 11 is 1.57. The third-order valence-corrected chi connectivity index (χ3v) is 4.00. The standard InChI is InChI=1S/C18H21NO2S/c1-13-10-14(2)12-15(11-13)21-9-8-19-18(20)16-6-4-5-7-17(16)22-3/h4-7,10-12H,8-9H2,1-3H3,(H,19,20). The number of aryl methyl sites for hydroxylation is 2. The van der Waals surface area contributed by atoms with E-state index in [-0.39, 0.29) is 5.91 Å². The van der Waals surface area contributed by atoms with Crippen LogP contribution in [0.2, 0.25) is 0 Å². The van der Waals surface area contributed by atoms with Crippen LogP contribution >= 0.6 is 11.8 Å². The number of thioether (sulfide) groups is 1. The third kappa shape index (κ3) is 4.53. The first-order valence-corrected chi connectivity index (χ1v) is 8.45. The third-order valence-electron chi connectivity index (χ3n) is 3.20. The van der Waals surface area contributed by atoms with E-state index in [1.807, 2.05) is 56.5 Å². The van der Waals surface area contributed by atoms with Crippen LogP contribution in [0.25, 0.3) is 0 Å². The quantitative estimate of drug-likeness (QED) is 0.650. The van der Waals surface area contributed by atoms with Crippen molar-refractivity contribution in [2.75, 3.05) is 19.4 Å². The molecule has 1 N–H and O–H groups in total. The summed E-state index contributed by atoms with van der Waals surface area (Å²) in [5.41, 5.74) is 3.06. The lowest BCUT2D eigenvalue weighted by molar-refractivity contribution is 0.0944. The second kappa shape index (κ2) is 7.90. The minimum absolute atomic E-state index is 0.0611. The van der Waals surface area contributed by atoms with Gasteiger partial charge in [0.05, 0.1) is 12.1 Å². The van der Waals surface area contributed by atoms with Gasteiger partial charge in [-0.2, -0.15) is 0 Å². The van der Waals surface area contributed by atoms with Gasteiger partial charge in [-0.05, 0) is 55.5 Å². The Bertz CT molecular complexity index is 635. The van der Waals surface area contributed by atoms with E-state index in [0.29, 0.717) is 18.7 Å². The van der Waals surface area contributed by atoms with Crippen LogP contribution in [0.1, 0.15) is 21.5 Å². The number of rotatable bonds is 6. The van der Waals surface area contributed by atoms with Gasteiger partial charge in [-0.25, -0.2) is 0 Å². The first-order chi connectivity index (χ1) is 10.6. The highest BCUT2D eigenvalue weighted by Crippen LogP contribution is 2.19. The van der Waals surface area contributed by atoms with Gasteiger partial charge in [-0.1, -0.05) is 18.2 Å². The van der Waals surface area contributed by atoms with Gasteiger partial charge in [0.25, 0.3) is 5.91 Å². The molecule has 0 atom stereocenters. The van der Waals surface area contributed by atoms with Crippen LogP contribution in [0.5, 0.6) is 5.75 Å². The van der Waals surface area contributed by atoms with Gasteiger partial charge in [0.15, 0.2) is 0 Å². The molecule has 0 bridgehead atoms. The van der Waals surface area contributed by atoms with Crippen molar-refractivity contribution in [2.45, 2.75) is 18.7 Å². The van der Waals surface area contributed by atoms with Gasteiger partial charge in [-0.3, -0.25) is 4.79 Å². The van der Waals surface area contributed by atoms with Crippen molar-refractivity contribution >= 4 is 17.7 Å². The highest BCUT2D eigenvalue weighted by atomic mass is 32.2. The van der Waals surface area contributed by atoms with Crippen molar-refractivity contribution in [2.24, 2.45) is 0 Å². The molecule has 0 fully saturated rings. The Hall–Kier alpha value is -1.94. The summed E-state index contributed by atoms with van der Waals surface area (Å²) in [4.78, 5) is 13.1. The molecule has 2 rings (SSSR count). The number of carbonyl (C=O) groups excluding carboxylic acids is 1. The van der Waals surface area contributed by atoms with Crippen molar-refractivity contribution in [3.63, 3.8) is 0 Å². The zero-order valence-corrected chi connectivity index (χ0v) is 14.0. The van der Waals surface area contributed by atoms with E-state index < -0.39 is 0 Å². The van der Waals surface area contributed by atoms with Crippen LogP contribution in [-0.4, -0.2) is 25.3 Å². The van der Waals surface area contributed by atoms with Crippen LogP contribution < -0.4 is 10.1 Å². The second-order valence-electron chi connectivity index (χ2n) is 5.13. The molecule has 0 saturated carbocycles. The van der Waals surface area contributed by atoms with Gasteiger partial charge < -0.3 is 10.1 Å². The lowest BCUT2D eigenvalue weighted by Crippen LogP contribution is -2.28. The van der Waals surface area contributed by atoms with Crippen molar-refractivity contribution in [3.8, 4) is 5.75 Å². The van der Waals surface area contributed by atoms with Crippen LogP contribution in [0.15, 0.2) is 47.4 Å². The first-order valence-electron chi connectivity index (χ1n) is 7.22. The molecule has 4 heteroatoms. The zero-order valence-electron chi connectivity index (χ0n) is 13.2. The fourth-order valence-electron chi connectivity index (χ4n) is 2.28. The predicted molar refractivity (Wildman–Crippen MR) is 92.0 cm³/mol. The molecule has 0 aliphatic carbocycles. The molecule has 3 nitrogen and oxygen atoms in total. The van der Waals surface area contributed by atoms with Gasteiger partial charge in [-0.15, -0.1) is 11.8 Å². The van der Waals surface area contributed by atoms with Crippen molar-refractivity contribution in [1.29, 1.82) is 0 Å². The van der Waals surface area contributed by atoms with E-state index in [1.54, 1.807) is 11.8 Å². The maximum atomic E-state index is 12.2. The summed E-state index contributed by atoms with van der Waals surface area (Å²) in [5, 5.41) is 2.90. The summed E-state index contributed by atoms with van der Waals surface area (Å²) in [7, 11) is 0. The molecule has 2 aromatic carbocycles. The van der Waals surface area contributed by atoms with Crippen molar-refractivity contribution < 1.29 is 9.53 Å². The molecule has 0 aliphatic heterocycles. The smallest absolute Gasteiger partial charge is 0.252 e. The Morgan fingerprint density at radius 3 is 2.50 bits per heavy atom. The van der Waals surface area contributed by atoms with E-state index in [2.05, 4.69) is 11.4 Å². The van der Waals surface area contributed by atoms with E-state index in [4.69, 9.17) is 4.74 Å². The monoisotopic (exact) mass is 315 g/mol. The normalized spacial score (nSPS) is 10.3. The maximum Gasteiger partial charge on any atom is 0.252 e. The van der Waals surface area contributed by atoms with Crippen LogP contribution in [-0.2, 0) is 0 Å². The van der Waals surface area contributed by atoms with Crippen LogP contribution in [0.3, 0.4) is 0 Å². The van der Waals surface area contributed by atoms with Gasteiger partial charge >= 0.3 is 0 Å². The van der Waals surface area contributed by atoms with E-state index >= 15 is 0 Å². The largest absolute Gasteiger partial charge is 0.492 e. The average molecular weight is 315 g/mol. The molecule has 0 aliphatic rings. The second-order valence-corrected chi connectivity index (χ2v) is 5.98. The summed E-state index contributed by atoms with van der Waals surface area (Å²) in [5.74, 6) is 0.783. The fraction of sp³-hybridized carbons (Fsp3) is 0.278. The molecule has 0 heterocycles. The molecule has 22 heavy (non-hydrogen) atoms. The highest BCUT2D eigenvalue weighted by molar-refractivity contribution is 7.98.